The van der Waals surface area contributed by atoms with Crippen LogP contribution in [0.1, 0.15) is 10.0 Å². The summed E-state index contributed by atoms with van der Waals surface area (Å²) < 4.78 is 0. The van der Waals surface area contributed by atoms with E-state index in [2.05, 4.69) is 20.3 Å². The molecule has 0 amide bonds. The molecular formula is C13H19N5S4. The van der Waals surface area contributed by atoms with Gasteiger partial charge in [-0.3, -0.25) is 4.99 Å². The minimum Gasteiger partial charge on any atom is -0.370 e. The Morgan fingerprint density at radius 2 is 1.73 bits per heavy atom. The molecule has 0 aliphatic heterocycles. The molecule has 120 valence electrons. The Morgan fingerprint density at radius 3 is 2.32 bits per heavy atom. The van der Waals surface area contributed by atoms with Crippen LogP contribution >= 0.6 is 46.2 Å². The zero-order valence-corrected chi connectivity index (χ0v) is 15.4. The number of hydrogen-bond acceptors (Lipinski definition) is 7. The molecule has 0 saturated heterocycles. The molecule has 0 aliphatic carbocycles. The number of thiazole rings is 2. The first-order chi connectivity index (χ1) is 10.8. The van der Waals surface area contributed by atoms with Gasteiger partial charge in [0, 0.05) is 52.7 Å². The van der Waals surface area contributed by atoms with Crippen LogP contribution in [0.3, 0.4) is 0 Å². The Morgan fingerprint density at radius 1 is 1.09 bits per heavy atom. The van der Waals surface area contributed by atoms with Crippen molar-refractivity contribution < 1.29 is 0 Å². The number of hydrogen-bond donors (Lipinski definition) is 2. The summed E-state index contributed by atoms with van der Waals surface area (Å²) in [5, 5.41) is 9.48. The van der Waals surface area contributed by atoms with Gasteiger partial charge in [0.05, 0.1) is 6.54 Å². The monoisotopic (exact) mass is 373 g/mol. The van der Waals surface area contributed by atoms with Crippen molar-refractivity contribution in [3.05, 3.63) is 33.2 Å². The summed E-state index contributed by atoms with van der Waals surface area (Å²) >= 11 is 7.07. The second-order valence-corrected chi connectivity index (χ2v) is 8.32. The maximum atomic E-state index is 5.83. The first kappa shape index (κ1) is 17.6. The molecule has 3 N–H and O–H groups in total. The molecule has 9 heteroatoms. The van der Waals surface area contributed by atoms with Gasteiger partial charge in [0.1, 0.15) is 10.0 Å². The fourth-order valence-corrected chi connectivity index (χ4v) is 4.60. The van der Waals surface area contributed by atoms with Crippen molar-refractivity contribution in [2.75, 3.05) is 24.6 Å². The van der Waals surface area contributed by atoms with Gasteiger partial charge >= 0.3 is 0 Å². The van der Waals surface area contributed by atoms with Crippen molar-refractivity contribution in [3.8, 4) is 0 Å². The topological polar surface area (TPSA) is 76.2 Å². The minimum absolute atomic E-state index is 0.532. The fourth-order valence-electron chi connectivity index (χ4n) is 1.51. The lowest BCUT2D eigenvalue weighted by Gasteiger charge is -2.05. The van der Waals surface area contributed by atoms with E-state index < -0.39 is 0 Å². The third-order valence-corrected chi connectivity index (χ3v) is 6.33. The summed E-state index contributed by atoms with van der Waals surface area (Å²) in [7, 11) is 0. The lowest BCUT2D eigenvalue weighted by Crippen LogP contribution is -2.33. The van der Waals surface area contributed by atoms with E-state index in [1.165, 1.54) is 5.01 Å². The molecule has 2 aromatic rings. The Bertz CT molecular complexity index is 527. The van der Waals surface area contributed by atoms with Crippen LogP contribution in [0.5, 0.6) is 0 Å². The Balaban J connectivity index is 1.45. The van der Waals surface area contributed by atoms with Crippen LogP contribution in [0, 0.1) is 0 Å². The molecular weight excluding hydrogens is 354 g/mol. The molecule has 5 nitrogen and oxygen atoms in total. The van der Waals surface area contributed by atoms with Crippen LogP contribution in [-0.2, 0) is 11.5 Å². The quantitative estimate of drug-likeness (QED) is 0.379. The molecule has 0 bridgehead atoms. The number of nitrogens with zero attached hydrogens (tertiary/aromatic N) is 3. The maximum Gasteiger partial charge on any atom is 0.188 e. The zero-order chi connectivity index (χ0) is 15.5. The summed E-state index contributed by atoms with van der Waals surface area (Å²) in [6, 6.07) is 0. The predicted octanol–water partition coefficient (Wildman–Crippen LogP) is 2.67. The zero-order valence-electron chi connectivity index (χ0n) is 12.1. The average Bonchev–Trinajstić information content (AvgIpc) is 3.19. The SMILES string of the molecule is NC(=NCCSCc1nccs1)NCCSCc1nccs1. The van der Waals surface area contributed by atoms with E-state index in [1.807, 2.05) is 46.7 Å². The highest BCUT2D eigenvalue weighted by Gasteiger charge is 1.97. The van der Waals surface area contributed by atoms with Crippen molar-refractivity contribution in [3.63, 3.8) is 0 Å². The molecule has 0 atom stereocenters. The molecule has 2 heterocycles. The number of nitrogens with one attached hydrogen (secondary N) is 1. The number of aromatic nitrogens is 2. The molecule has 0 spiro atoms. The second kappa shape index (κ2) is 10.9. The van der Waals surface area contributed by atoms with E-state index in [1.54, 1.807) is 22.7 Å². The lowest BCUT2D eigenvalue weighted by molar-refractivity contribution is 0.944. The molecule has 0 fully saturated rings. The van der Waals surface area contributed by atoms with E-state index in [4.69, 9.17) is 5.73 Å². The van der Waals surface area contributed by atoms with E-state index in [-0.39, 0.29) is 0 Å². The fraction of sp³-hybridized carbons (Fsp3) is 0.462. The third kappa shape index (κ3) is 7.48. The normalized spacial score (nSPS) is 11.7. The van der Waals surface area contributed by atoms with Gasteiger partial charge in [0.15, 0.2) is 5.96 Å². The Kier molecular flexibility index (Phi) is 8.69. The van der Waals surface area contributed by atoms with E-state index in [9.17, 15) is 0 Å². The largest absolute Gasteiger partial charge is 0.370 e. The molecule has 0 aromatic carbocycles. The highest BCUT2D eigenvalue weighted by molar-refractivity contribution is 7.98. The minimum atomic E-state index is 0.532. The number of aliphatic imine (C=N–C) groups is 1. The van der Waals surface area contributed by atoms with Crippen molar-refractivity contribution >= 4 is 52.2 Å². The van der Waals surface area contributed by atoms with Gasteiger partial charge in [-0.1, -0.05) is 0 Å². The number of rotatable bonds is 10. The smallest absolute Gasteiger partial charge is 0.188 e. The Hall–Kier alpha value is -0.770. The molecule has 0 saturated carbocycles. The summed E-state index contributed by atoms with van der Waals surface area (Å²) in [5.74, 6) is 4.40. The van der Waals surface area contributed by atoms with Crippen molar-refractivity contribution in [1.82, 2.24) is 15.3 Å². The van der Waals surface area contributed by atoms with Gasteiger partial charge < -0.3 is 11.1 Å². The van der Waals surface area contributed by atoms with Gasteiger partial charge in [-0.05, 0) is 0 Å². The van der Waals surface area contributed by atoms with E-state index >= 15 is 0 Å². The summed E-state index contributed by atoms with van der Waals surface area (Å²) in [4.78, 5) is 12.8. The molecule has 2 aromatic heterocycles. The van der Waals surface area contributed by atoms with Crippen molar-refractivity contribution in [2.45, 2.75) is 11.5 Å². The summed E-state index contributed by atoms with van der Waals surface area (Å²) in [6.45, 7) is 1.57. The number of thioether (sulfide) groups is 2. The van der Waals surface area contributed by atoms with Crippen molar-refractivity contribution in [1.29, 1.82) is 0 Å². The van der Waals surface area contributed by atoms with Gasteiger partial charge in [0.25, 0.3) is 0 Å². The third-order valence-electron chi connectivity index (χ3n) is 2.49. The maximum absolute atomic E-state index is 5.83. The van der Waals surface area contributed by atoms with Crippen LogP contribution < -0.4 is 11.1 Å². The highest BCUT2D eigenvalue weighted by atomic mass is 32.2. The summed E-state index contributed by atoms with van der Waals surface area (Å²) in [6.07, 6.45) is 3.68. The highest BCUT2D eigenvalue weighted by Crippen LogP contribution is 2.14. The van der Waals surface area contributed by atoms with Crippen LogP contribution in [0.4, 0.5) is 0 Å². The van der Waals surface area contributed by atoms with Crippen LogP contribution in [0.15, 0.2) is 28.1 Å². The standard InChI is InChI=1S/C13H19N5S4/c14-13(17-1-5-19-9-11-15-3-7-21-11)18-2-6-20-10-12-16-4-8-22-12/h3-4,7-8H,1-2,5-6,9-10H2,(H3,14,17,18). The molecule has 0 aliphatic rings. The molecule has 2 rings (SSSR count). The van der Waals surface area contributed by atoms with Gasteiger partial charge in [-0.25, -0.2) is 9.97 Å². The van der Waals surface area contributed by atoms with Gasteiger partial charge in [0.2, 0.25) is 0 Å². The lowest BCUT2D eigenvalue weighted by atomic mass is 10.7. The Labute approximate surface area is 147 Å². The van der Waals surface area contributed by atoms with Crippen LogP contribution in [0.2, 0.25) is 0 Å². The van der Waals surface area contributed by atoms with Crippen LogP contribution in [-0.4, -0.2) is 40.5 Å². The van der Waals surface area contributed by atoms with E-state index in [0.717, 1.165) is 41.1 Å². The molecule has 0 unspecified atom stereocenters. The average molecular weight is 374 g/mol. The molecule has 22 heavy (non-hydrogen) atoms. The van der Waals surface area contributed by atoms with E-state index in [0.29, 0.717) is 5.96 Å². The summed E-state index contributed by atoms with van der Waals surface area (Å²) in [5.41, 5.74) is 5.83. The number of guanidine groups is 1. The van der Waals surface area contributed by atoms with Crippen LogP contribution in [0.25, 0.3) is 0 Å². The number of nitrogens with two attached hydrogens (primary N) is 1. The predicted molar refractivity (Wildman–Crippen MR) is 101 cm³/mol. The molecule has 0 radical (unpaired) electrons. The van der Waals surface area contributed by atoms with Gasteiger partial charge in [-0.2, -0.15) is 23.5 Å². The first-order valence-electron chi connectivity index (χ1n) is 6.80. The second-order valence-electron chi connectivity index (χ2n) is 4.15. The van der Waals surface area contributed by atoms with Crippen molar-refractivity contribution in [2.24, 2.45) is 10.7 Å². The van der Waals surface area contributed by atoms with Gasteiger partial charge in [-0.15, -0.1) is 22.7 Å². The first-order valence-corrected chi connectivity index (χ1v) is 10.9.